The van der Waals surface area contributed by atoms with E-state index in [0.29, 0.717) is 11.7 Å². The summed E-state index contributed by atoms with van der Waals surface area (Å²) in [6.07, 6.45) is 5.49. The zero-order chi connectivity index (χ0) is 14.6. The normalized spacial score (nSPS) is 11.5. The molecule has 20 heavy (non-hydrogen) atoms. The van der Waals surface area contributed by atoms with Crippen molar-refractivity contribution in [1.29, 1.82) is 0 Å². The number of carbonyl (C=O) groups is 1. The van der Waals surface area contributed by atoms with Crippen molar-refractivity contribution < 1.29 is 4.79 Å². The van der Waals surface area contributed by atoms with Gasteiger partial charge in [0.05, 0.1) is 5.69 Å². The van der Waals surface area contributed by atoms with Gasteiger partial charge in [-0.2, -0.15) is 0 Å². The van der Waals surface area contributed by atoms with Crippen molar-refractivity contribution in [2.75, 3.05) is 12.3 Å². The van der Waals surface area contributed by atoms with Gasteiger partial charge in [0.1, 0.15) is 5.54 Å². The Hall–Kier alpha value is -1.82. The molecule has 3 N–H and O–H groups in total. The predicted octanol–water partition coefficient (Wildman–Crippen LogP) is 2.01. The predicted molar refractivity (Wildman–Crippen MR) is 81.6 cm³/mol. The summed E-state index contributed by atoms with van der Waals surface area (Å²) in [4.78, 5) is 16.4. The van der Waals surface area contributed by atoms with Crippen LogP contribution < -0.4 is 11.1 Å². The Morgan fingerprint density at radius 1 is 1.45 bits per heavy atom. The lowest BCUT2D eigenvalue weighted by Gasteiger charge is -2.25. The van der Waals surface area contributed by atoms with Crippen LogP contribution in [0.4, 0.5) is 5.13 Å². The molecule has 0 aromatic carbocycles. The third-order valence-corrected chi connectivity index (χ3v) is 3.99. The number of carbonyl (C=O) groups excluding carboxylic acids is 1. The van der Waals surface area contributed by atoms with Crippen LogP contribution in [0.15, 0.2) is 29.9 Å². The Balaban J connectivity index is 1.78. The van der Waals surface area contributed by atoms with Gasteiger partial charge in [0.25, 0.3) is 0 Å². The van der Waals surface area contributed by atoms with Gasteiger partial charge < -0.3 is 15.6 Å². The number of nitrogens with zero attached hydrogens (tertiary/aromatic N) is 2. The Bertz CT molecular complexity index is 560. The number of thiazole rings is 1. The van der Waals surface area contributed by atoms with E-state index in [0.717, 1.165) is 18.5 Å². The second-order valence-electron chi connectivity index (χ2n) is 5.19. The highest BCUT2D eigenvalue weighted by atomic mass is 32.1. The highest BCUT2D eigenvalue weighted by Gasteiger charge is 2.28. The number of amides is 1. The van der Waals surface area contributed by atoms with Crippen LogP contribution in [0.2, 0.25) is 0 Å². The SMILES string of the molecule is CC(C)(C(=O)NCCCc1csc(N)n1)n1cccc1. The van der Waals surface area contributed by atoms with Crippen molar-refractivity contribution in [2.45, 2.75) is 32.2 Å². The molecule has 0 radical (unpaired) electrons. The molecule has 0 fully saturated rings. The molecular weight excluding hydrogens is 272 g/mol. The van der Waals surface area contributed by atoms with Crippen LogP contribution in [0.25, 0.3) is 0 Å². The Morgan fingerprint density at radius 3 is 2.75 bits per heavy atom. The van der Waals surface area contributed by atoms with Crippen molar-refractivity contribution in [3.63, 3.8) is 0 Å². The zero-order valence-corrected chi connectivity index (χ0v) is 12.6. The number of aryl methyl sites for hydroxylation is 1. The number of nitrogens with two attached hydrogens (primary N) is 1. The molecule has 5 nitrogen and oxygen atoms in total. The summed E-state index contributed by atoms with van der Waals surface area (Å²) in [5.74, 6) is 0.0199. The molecule has 0 spiro atoms. The minimum absolute atomic E-state index is 0.0199. The first-order chi connectivity index (χ1) is 9.50. The van der Waals surface area contributed by atoms with E-state index in [2.05, 4.69) is 10.3 Å². The van der Waals surface area contributed by atoms with Crippen molar-refractivity contribution >= 4 is 22.4 Å². The standard InChI is InChI=1S/C14H20N4OS/c1-14(2,18-8-3-4-9-18)12(19)16-7-5-6-11-10-20-13(15)17-11/h3-4,8-10H,5-7H2,1-2H3,(H2,15,17)(H,16,19). The fourth-order valence-electron chi connectivity index (χ4n) is 1.95. The fourth-order valence-corrected chi connectivity index (χ4v) is 2.55. The molecule has 2 aromatic rings. The van der Waals surface area contributed by atoms with Crippen molar-refractivity contribution in [2.24, 2.45) is 0 Å². The molecule has 0 bridgehead atoms. The number of hydrogen-bond acceptors (Lipinski definition) is 4. The topological polar surface area (TPSA) is 72.9 Å². The van der Waals surface area contributed by atoms with Crippen molar-refractivity contribution in [3.8, 4) is 0 Å². The van der Waals surface area contributed by atoms with E-state index in [-0.39, 0.29) is 5.91 Å². The number of nitrogen functional groups attached to an aromatic ring is 1. The number of rotatable bonds is 6. The highest BCUT2D eigenvalue weighted by Crippen LogP contribution is 2.15. The number of aromatic nitrogens is 2. The second-order valence-corrected chi connectivity index (χ2v) is 6.08. The monoisotopic (exact) mass is 292 g/mol. The summed E-state index contributed by atoms with van der Waals surface area (Å²) in [5, 5.41) is 5.53. The van der Waals surface area contributed by atoms with Gasteiger partial charge in [-0.25, -0.2) is 4.98 Å². The average molecular weight is 292 g/mol. The summed E-state index contributed by atoms with van der Waals surface area (Å²) in [5.41, 5.74) is 5.99. The molecule has 1 amide bonds. The zero-order valence-electron chi connectivity index (χ0n) is 11.8. The maximum Gasteiger partial charge on any atom is 0.245 e. The lowest BCUT2D eigenvalue weighted by atomic mass is 10.0. The summed E-state index contributed by atoms with van der Waals surface area (Å²) in [7, 11) is 0. The third-order valence-electron chi connectivity index (χ3n) is 3.27. The largest absolute Gasteiger partial charge is 0.375 e. The Morgan fingerprint density at radius 2 is 2.15 bits per heavy atom. The van der Waals surface area contributed by atoms with Gasteiger partial charge in [-0.05, 0) is 38.8 Å². The number of nitrogens with one attached hydrogen (secondary N) is 1. The van der Waals surface area contributed by atoms with Crippen molar-refractivity contribution in [1.82, 2.24) is 14.9 Å². The number of hydrogen-bond donors (Lipinski definition) is 2. The fraction of sp³-hybridized carbons (Fsp3) is 0.429. The van der Waals surface area contributed by atoms with E-state index in [9.17, 15) is 4.79 Å². The van der Waals surface area contributed by atoms with Gasteiger partial charge in [-0.3, -0.25) is 4.79 Å². The molecule has 0 atom stereocenters. The minimum Gasteiger partial charge on any atom is -0.375 e. The van der Waals surface area contributed by atoms with Gasteiger partial charge >= 0.3 is 0 Å². The molecule has 6 heteroatoms. The first-order valence-electron chi connectivity index (χ1n) is 6.62. The molecule has 2 heterocycles. The highest BCUT2D eigenvalue weighted by molar-refractivity contribution is 7.13. The molecule has 0 saturated heterocycles. The quantitative estimate of drug-likeness (QED) is 0.800. The van der Waals surface area contributed by atoms with Crippen LogP contribution in [-0.4, -0.2) is 22.0 Å². The molecular formula is C14H20N4OS. The van der Waals surface area contributed by atoms with Gasteiger partial charge in [-0.1, -0.05) is 0 Å². The van der Waals surface area contributed by atoms with Gasteiger partial charge in [0.2, 0.25) is 5.91 Å². The van der Waals surface area contributed by atoms with E-state index < -0.39 is 5.54 Å². The molecule has 0 aliphatic carbocycles. The summed E-state index contributed by atoms with van der Waals surface area (Å²) >= 11 is 1.45. The molecule has 0 aliphatic rings. The van der Waals surface area contributed by atoms with Crippen molar-refractivity contribution in [3.05, 3.63) is 35.6 Å². The average Bonchev–Trinajstić information content (AvgIpc) is 3.05. The smallest absolute Gasteiger partial charge is 0.245 e. The summed E-state index contributed by atoms with van der Waals surface area (Å²) in [6, 6.07) is 3.84. The van der Waals surface area contributed by atoms with E-state index in [1.807, 2.05) is 48.3 Å². The van der Waals surface area contributed by atoms with Gasteiger partial charge in [0.15, 0.2) is 5.13 Å². The maximum absolute atomic E-state index is 12.2. The van der Waals surface area contributed by atoms with Crippen LogP contribution in [0.5, 0.6) is 0 Å². The van der Waals surface area contributed by atoms with Gasteiger partial charge in [0, 0.05) is 24.3 Å². The Kier molecular flexibility index (Phi) is 4.44. The van der Waals surface area contributed by atoms with Gasteiger partial charge in [-0.15, -0.1) is 11.3 Å². The molecule has 108 valence electrons. The van der Waals surface area contributed by atoms with E-state index in [4.69, 9.17) is 5.73 Å². The number of anilines is 1. The second kappa shape index (κ2) is 6.09. The first-order valence-corrected chi connectivity index (χ1v) is 7.50. The molecule has 0 aliphatic heterocycles. The molecule has 0 unspecified atom stereocenters. The van der Waals surface area contributed by atoms with Crippen LogP contribution in [-0.2, 0) is 16.8 Å². The van der Waals surface area contributed by atoms with E-state index in [1.54, 1.807) is 0 Å². The Labute approximate surface area is 122 Å². The summed E-state index contributed by atoms with van der Waals surface area (Å²) < 4.78 is 1.91. The van der Waals surface area contributed by atoms with Crippen LogP contribution in [0, 0.1) is 0 Å². The minimum atomic E-state index is -0.575. The molecule has 2 aromatic heterocycles. The van der Waals surface area contributed by atoms with Crippen LogP contribution >= 0.6 is 11.3 Å². The first kappa shape index (κ1) is 14.6. The third kappa shape index (κ3) is 3.39. The van der Waals surface area contributed by atoms with Crippen LogP contribution in [0.3, 0.4) is 0 Å². The summed E-state index contributed by atoms with van der Waals surface area (Å²) in [6.45, 7) is 4.45. The molecule has 2 rings (SSSR count). The molecule has 0 saturated carbocycles. The van der Waals surface area contributed by atoms with Crippen LogP contribution in [0.1, 0.15) is 26.0 Å². The van der Waals surface area contributed by atoms with E-state index >= 15 is 0 Å². The maximum atomic E-state index is 12.2. The lowest BCUT2D eigenvalue weighted by molar-refractivity contribution is -0.128. The van der Waals surface area contributed by atoms with E-state index in [1.165, 1.54) is 11.3 Å². The lowest BCUT2D eigenvalue weighted by Crippen LogP contribution is -2.44.